The van der Waals surface area contributed by atoms with Crippen molar-refractivity contribution < 1.29 is 38.4 Å². The Morgan fingerprint density at radius 3 is 2.17 bits per heavy atom. The van der Waals surface area contributed by atoms with E-state index in [4.69, 9.17) is 23.7 Å². The van der Waals surface area contributed by atoms with E-state index in [1.807, 2.05) is 12.1 Å². The van der Waals surface area contributed by atoms with Crippen molar-refractivity contribution >= 4 is 17.6 Å². The number of carbonyl (C=O) groups is 2. The molecule has 1 aliphatic rings. The van der Waals surface area contributed by atoms with Crippen molar-refractivity contribution in [3.8, 4) is 23.0 Å². The number of amides is 1. The highest BCUT2D eigenvalue weighted by molar-refractivity contribution is 5.99. The van der Waals surface area contributed by atoms with Crippen LogP contribution >= 0.6 is 0 Å². The molecule has 0 unspecified atom stereocenters. The van der Waals surface area contributed by atoms with Gasteiger partial charge < -0.3 is 33.7 Å². The van der Waals surface area contributed by atoms with Crippen molar-refractivity contribution in [2.45, 2.75) is 39.4 Å². The Kier molecular flexibility index (Phi) is 8.34. The number of carboxylic acids is 1. The topological polar surface area (TPSA) is 104 Å². The second kappa shape index (κ2) is 11.2. The summed E-state index contributed by atoms with van der Waals surface area (Å²) in [6.07, 6.45) is -0.216. The van der Waals surface area contributed by atoms with Gasteiger partial charge in [0.15, 0.2) is 0 Å². The van der Waals surface area contributed by atoms with Crippen molar-refractivity contribution in [2.24, 2.45) is 0 Å². The van der Waals surface area contributed by atoms with E-state index >= 15 is 0 Å². The molecule has 1 aliphatic heterocycles. The molecule has 0 aliphatic carbocycles. The van der Waals surface area contributed by atoms with Gasteiger partial charge in [-0.2, -0.15) is 0 Å². The summed E-state index contributed by atoms with van der Waals surface area (Å²) in [5, 5.41) is 9.95. The Morgan fingerprint density at radius 1 is 0.944 bits per heavy atom. The normalized spacial score (nSPS) is 13.8. The van der Waals surface area contributed by atoms with Crippen LogP contribution in [0.1, 0.15) is 38.3 Å². The largest absolute Gasteiger partial charge is 0.497 e. The van der Waals surface area contributed by atoms with Crippen molar-refractivity contribution in [2.75, 3.05) is 34.4 Å². The van der Waals surface area contributed by atoms with Crippen molar-refractivity contribution in [1.82, 2.24) is 4.90 Å². The summed E-state index contributed by atoms with van der Waals surface area (Å²) < 4.78 is 27.6. The van der Waals surface area contributed by atoms with Gasteiger partial charge in [0.1, 0.15) is 35.2 Å². The first kappa shape index (κ1) is 26.7. The molecule has 1 heterocycles. The fourth-order valence-electron chi connectivity index (χ4n) is 3.87. The van der Waals surface area contributed by atoms with Crippen molar-refractivity contribution in [3.05, 3.63) is 53.1 Å². The van der Waals surface area contributed by atoms with E-state index in [0.717, 1.165) is 5.56 Å². The predicted molar refractivity (Wildman–Crippen MR) is 134 cm³/mol. The molecule has 0 aromatic heterocycles. The molecule has 36 heavy (non-hydrogen) atoms. The van der Waals surface area contributed by atoms with E-state index in [-0.39, 0.29) is 18.7 Å². The van der Waals surface area contributed by atoms with Gasteiger partial charge in [0.2, 0.25) is 0 Å². The van der Waals surface area contributed by atoms with Gasteiger partial charge in [0.25, 0.3) is 0 Å². The number of ether oxygens (including phenoxy) is 5. The van der Waals surface area contributed by atoms with Crippen LogP contribution in [0.15, 0.2) is 42.0 Å². The van der Waals surface area contributed by atoms with Crippen molar-refractivity contribution in [3.63, 3.8) is 0 Å². The Bertz CT molecular complexity index is 1130. The molecule has 0 atom stereocenters. The zero-order chi connectivity index (χ0) is 26.5. The minimum atomic E-state index is -1.10. The molecule has 9 heteroatoms. The summed E-state index contributed by atoms with van der Waals surface area (Å²) in [7, 11) is 4.69. The highest BCUT2D eigenvalue weighted by Crippen LogP contribution is 2.37. The van der Waals surface area contributed by atoms with Crippen LogP contribution in [0.2, 0.25) is 0 Å². The molecule has 2 aromatic carbocycles. The number of hydrogen-bond donors (Lipinski definition) is 1. The summed E-state index contributed by atoms with van der Waals surface area (Å²) in [6.45, 7) is 5.80. The average molecular weight is 500 g/mol. The Balaban J connectivity index is 1.89. The highest BCUT2D eigenvalue weighted by Gasteiger charge is 2.31. The molecule has 3 rings (SSSR count). The molecule has 0 radical (unpaired) electrons. The number of hydrogen-bond acceptors (Lipinski definition) is 7. The average Bonchev–Trinajstić information content (AvgIpc) is 2.85. The van der Waals surface area contributed by atoms with Gasteiger partial charge in [-0.3, -0.25) is 0 Å². The second-order valence-electron chi connectivity index (χ2n) is 9.29. The smallest absolute Gasteiger partial charge is 0.410 e. The van der Waals surface area contributed by atoms with Gasteiger partial charge in [-0.1, -0.05) is 0 Å². The molecule has 1 N–H and O–H groups in total. The van der Waals surface area contributed by atoms with Crippen LogP contribution < -0.4 is 18.9 Å². The number of aliphatic carboxylic acids is 1. The fraction of sp³-hybridized carbons (Fsp3) is 0.407. The lowest BCUT2D eigenvalue weighted by atomic mass is 9.92. The molecule has 0 saturated heterocycles. The number of benzene rings is 2. The number of nitrogens with zero attached hydrogens (tertiary/aromatic N) is 1. The van der Waals surface area contributed by atoms with Gasteiger partial charge in [-0.15, -0.1) is 0 Å². The van der Waals surface area contributed by atoms with Crippen LogP contribution in [-0.2, 0) is 16.1 Å². The first-order valence-electron chi connectivity index (χ1n) is 11.5. The minimum absolute atomic E-state index is 0.0720. The molecule has 9 nitrogen and oxygen atoms in total. The van der Waals surface area contributed by atoms with E-state index in [1.165, 1.54) is 12.0 Å². The molecule has 194 valence electrons. The van der Waals surface area contributed by atoms with Crippen LogP contribution in [0.5, 0.6) is 23.0 Å². The zero-order valence-electron chi connectivity index (χ0n) is 21.5. The third kappa shape index (κ3) is 6.62. The maximum absolute atomic E-state index is 12.5. The summed E-state index contributed by atoms with van der Waals surface area (Å²) in [5.74, 6) is 1.26. The Morgan fingerprint density at radius 2 is 1.61 bits per heavy atom. The number of carbonyl (C=O) groups excluding carboxylic acids is 1. The molecule has 0 saturated carbocycles. The van der Waals surface area contributed by atoms with Crippen molar-refractivity contribution in [1.29, 1.82) is 0 Å². The first-order chi connectivity index (χ1) is 17.0. The van der Waals surface area contributed by atoms with Crippen LogP contribution in [-0.4, -0.2) is 62.1 Å². The third-order valence-electron chi connectivity index (χ3n) is 5.57. The van der Waals surface area contributed by atoms with E-state index in [9.17, 15) is 14.7 Å². The summed E-state index contributed by atoms with van der Waals surface area (Å²) in [4.78, 5) is 26.1. The Hall–Kier alpha value is -3.88. The van der Waals surface area contributed by atoms with Gasteiger partial charge in [0.05, 0.1) is 33.4 Å². The van der Waals surface area contributed by atoms with Crippen LogP contribution in [0.3, 0.4) is 0 Å². The molecule has 2 aromatic rings. The van der Waals surface area contributed by atoms with Crippen LogP contribution in [0, 0.1) is 0 Å². The van der Waals surface area contributed by atoms with Gasteiger partial charge in [-0.25, -0.2) is 9.59 Å². The summed E-state index contributed by atoms with van der Waals surface area (Å²) in [5.41, 5.74) is 1.48. The van der Waals surface area contributed by atoms with Gasteiger partial charge >= 0.3 is 12.1 Å². The number of rotatable bonds is 8. The molecular weight excluding hydrogens is 466 g/mol. The third-order valence-corrected chi connectivity index (χ3v) is 5.57. The maximum Gasteiger partial charge on any atom is 0.410 e. The lowest BCUT2D eigenvalue weighted by Crippen LogP contribution is -2.41. The summed E-state index contributed by atoms with van der Waals surface area (Å²) >= 11 is 0. The zero-order valence-corrected chi connectivity index (χ0v) is 21.5. The predicted octanol–water partition coefficient (Wildman–Crippen LogP) is 4.77. The standard InChI is InChI=1S/C27H33NO8/c1-27(2,3)36-26(31)28-10-9-21(23(15-28)25(29)30)22-14-18(7-8-24(22)34-6)35-16-17-11-19(32-4)13-20(12-17)33-5/h7-8,11-14H,9-10,15-16H2,1-6H3,(H,29,30). The van der Waals surface area contributed by atoms with Gasteiger partial charge in [0, 0.05) is 18.2 Å². The lowest BCUT2D eigenvalue weighted by Gasteiger charge is -2.32. The molecule has 1 amide bonds. The highest BCUT2D eigenvalue weighted by atomic mass is 16.6. The Labute approximate surface area is 211 Å². The molecule has 0 spiro atoms. The van der Waals surface area contributed by atoms with E-state index < -0.39 is 17.7 Å². The van der Waals surface area contributed by atoms with Gasteiger partial charge in [-0.05, 0) is 68.7 Å². The summed E-state index contributed by atoms with van der Waals surface area (Å²) in [6, 6.07) is 10.7. The number of methoxy groups -OCH3 is 3. The van der Waals surface area contributed by atoms with Crippen LogP contribution in [0.4, 0.5) is 4.79 Å². The molecular formula is C27H33NO8. The first-order valence-corrected chi connectivity index (χ1v) is 11.5. The second-order valence-corrected chi connectivity index (χ2v) is 9.29. The monoisotopic (exact) mass is 499 g/mol. The van der Waals surface area contributed by atoms with E-state index in [1.54, 1.807) is 59.3 Å². The fourth-order valence-corrected chi connectivity index (χ4v) is 3.87. The lowest BCUT2D eigenvalue weighted by molar-refractivity contribution is -0.132. The maximum atomic E-state index is 12.5. The van der Waals surface area contributed by atoms with E-state index in [2.05, 4.69) is 0 Å². The quantitative estimate of drug-likeness (QED) is 0.554. The number of carboxylic acid groups (broad SMARTS) is 1. The molecule has 0 fully saturated rings. The molecule has 0 bridgehead atoms. The SMILES string of the molecule is COc1cc(COc2ccc(OC)c(C3=C(C(=O)O)CN(C(=O)OC(C)(C)C)CC3)c2)cc(OC)c1. The van der Waals surface area contributed by atoms with Crippen LogP contribution in [0.25, 0.3) is 5.57 Å². The minimum Gasteiger partial charge on any atom is -0.497 e. The van der Waals surface area contributed by atoms with E-state index in [0.29, 0.717) is 47.1 Å².